The van der Waals surface area contributed by atoms with Crippen LogP contribution in [0.15, 0.2) is 47.5 Å². The van der Waals surface area contributed by atoms with Gasteiger partial charge < -0.3 is 19.9 Å². The molecule has 1 atom stereocenters. The molecule has 0 radical (unpaired) electrons. The molecule has 31 heavy (non-hydrogen) atoms. The van der Waals surface area contributed by atoms with E-state index >= 15 is 0 Å². The normalized spacial score (nSPS) is 18.8. The van der Waals surface area contributed by atoms with Crippen LogP contribution in [0.2, 0.25) is 0 Å². The van der Waals surface area contributed by atoms with Gasteiger partial charge in [-0.05, 0) is 18.1 Å². The van der Waals surface area contributed by atoms with Crippen LogP contribution in [-0.4, -0.2) is 73.8 Å². The monoisotopic (exact) mass is 446 g/mol. The number of nitrogens with zero attached hydrogens (tertiary/aromatic N) is 2. The van der Waals surface area contributed by atoms with Crippen molar-refractivity contribution in [3.63, 3.8) is 0 Å². The molecule has 2 saturated heterocycles. The summed E-state index contributed by atoms with van der Waals surface area (Å²) in [6, 6.07) is 10.4. The Bertz CT molecular complexity index is 1030. The fourth-order valence-corrected chi connectivity index (χ4v) is 5.27. The van der Waals surface area contributed by atoms with E-state index in [1.807, 2.05) is 30.3 Å². The number of amides is 2. The lowest BCUT2D eigenvalue weighted by Crippen LogP contribution is -2.40. The molecule has 2 aliphatic heterocycles. The molecule has 0 saturated carbocycles. The fourth-order valence-electron chi connectivity index (χ4n) is 3.86. The maximum absolute atomic E-state index is 12.9. The summed E-state index contributed by atoms with van der Waals surface area (Å²) in [5.74, 6) is -0.349. The van der Waals surface area contributed by atoms with Gasteiger partial charge in [-0.3, -0.25) is 9.59 Å². The van der Waals surface area contributed by atoms with E-state index < -0.39 is 22.0 Å². The van der Waals surface area contributed by atoms with Crippen molar-refractivity contribution in [1.29, 1.82) is 0 Å². The lowest BCUT2D eigenvalue weighted by molar-refractivity contribution is -0.128. The summed E-state index contributed by atoms with van der Waals surface area (Å²) in [6.07, 6.45) is 2.67. The van der Waals surface area contributed by atoms with Crippen molar-refractivity contribution in [2.45, 2.75) is 23.8 Å². The first-order valence-corrected chi connectivity index (χ1v) is 11.8. The Morgan fingerprint density at radius 3 is 2.58 bits per heavy atom. The summed E-state index contributed by atoms with van der Waals surface area (Å²) in [7, 11) is -3.69. The van der Waals surface area contributed by atoms with E-state index in [1.54, 1.807) is 4.90 Å². The number of likely N-dealkylation sites (tertiary alicyclic amines) is 1. The Hall–Kier alpha value is -2.69. The first-order chi connectivity index (χ1) is 14.9. The van der Waals surface area contributed by atoms with Crippen LogP contribution in [0.5, 0.6) is 0 Å². The minimum absolute atomic E-state index is 0.0468. The number of benzene rings is 1. The zero-order chi connectivity index (χ0) is 21.8. The number of aromatic amines is 1. The number of H-pyrrole nitrogens is 1. The number of rotatable bonds is 7. The lowest BCUT2D eigenvalue weighted by atomic mass is 10.1. The molecule has 0 spiro atoms. The molecule has 10 heteroatoms. The summed E-state index contributed by atoms with van der Waals surface area (Å²) in [5, 5.41) is 2.95. The minimum Gasteiger partial charge on any atom is -0.379 e. The van der Waals surface area contributed by atoms with Crippen LogP contribution in [0.1, 0.15) is 34.9 Å². The van der Waals surface area contributed by atoms with Gasteiger partial charge in [-0.15, -0.1) is 0 Å². The van der Waals surface area contributed by atoms with Gasteiger partial charge in [0.15, 0.2) is 0 Å². The predicted molar refractivity (Wildman–Crippen MR) is 113 cm³/mol. The molecule has 9 nitrogen and oxygen atoms in total. The Kier molecular flexibility index (Phi) is 6.40. The van der Waals surface area contributed by atoms with Gasteiger partial charge in [0.1, 0.15) is 10.6 Å². The summed E-state index contributed by atoms with van der Waals surface area (Å²) >= 11 is 0. The number of hydrogen-bond acceptors (Lipinski definition) is 5. The van der Waals surface area contributed by atoms with E-state index in [-0.39, 0.29) is 29.6 Å². The maximum Gasteiger partial charge on any atom is 0.268 e. The number of hydrogen-bond donors (Lipinski definition) is 2. The van der Waals surface area contributed by atoms with E-state index in [4.69, 9.17) is 4.74 Å². The Morgan fingerprint density at radius 1 is 1.16 bits per heavy atom. The Balaban J connectivity index is 1.50. The molecule has 2 amide bonds. The molecule has 1 aromatic heterocycles. The van der Waals surface area contributed by atoms with E-state index in [0.29, 0.717) is 32.7 Å². The number of nitrogens with one attached hydrogen (secondary N) is 2. The quantitative estimate of drug-likeness (QED) is 0.662. The third-order valence-corrected chi connectivity index (χ3v) is 7.47. The molecule has 166 valence electrons. The third kappa shape index (κ3) is 4.81. The summed E-state index contributed by atoms with van der Waals surface area (Å²) in [5.41, 5.74) is 1.03. The highest BCUT2D eigenvalue weighted by Gasteiger charge is 2.29. The average Bonchev–Trinajstić information content (AvgIpc) is 3.44. The van der Waals surface area contributed by atoms with Crippen molar-refractivity contribution in [3.05, 3.63) is 53.9 Å². The van der Waals surface area contributed by atoms with Gasteiger partial charge in [0.25, 0.3) is 5.91 Å². The van der Waals surface area contributed by atoms with Crippen molar-refractivity contribution >= 4 is 21.8 Å². The maximum atomic E-state index is 12.9. The molecule has 1 unspecified atom stereocenters. The van der Waals surface area contributed by atoms with Gasteiger partial charge in [-0.1, -0.05) is 30.3 Å². The van der Waals surface area contributed by atoms with Gasteiger partial charge >= 0.3 is 0 Å². The number of morpholine rings is 1. The van der Waals surface area contributed by atoms with Gasteiger partial charge in [0.2, 0.25) is 15.9 Å². The largest absolute Gasteiger partial charge is 0.379 e. The van der Waals surface area contributed by atoms with Crippen molar-refractivity contribution < 1.29 is 22.7 Å². The molecular weight excluding hydrogens is 420 g/mol. The van der Waals surface area contributed by atoms with Crippen LogP contribution < -0.4 is 5.32 Å². The number of aromatic nitrogens is 1. The Morgan fingerprint density at radius 2 is 1.90 bits per heavy atom. The highest BCUT2D eigenvalue weighted by Crippen LogP contribution is 2.21. The van der Waals surface area contributed by atoms with Crippen molar-refractivity contribution in [1.82, 2.24) is 19.5 Å². The highest BCUT2D eigenvalue weighted by molar-refractivity contribution is 7.89. The van der Waals surface area contributed by atoms with Crippen molar-refractivity contribution in [2.24, 2.45) is 0 Å². The van der Waals surface area contributed by atoms with Gasteiger partial charge in [0.05, 0.1) is 19.3 Å². The van der Waals surface area contributed by atoms with Crippen LogP contribution in [0, 0.1) is 0 Å². The molecule has 2 aromatic rings. The van der Waals surface area contributed by atoms with Crippen LogP contribution in [-0.2, 0) is 19.6 Å². The first kappa shape index (κ1) is 21.5. The third-order valence-electron chi connectivity index (χ3n) is 5.59. The summed E-state index contributed by atoms with van der Waals surface area (Å²) in [6.45, 7) is 2.32. The second kappa shape index (κ2) is 9.21. The average molecular weight is 447 g/mol. The SMILES string of the molecule is O=C(NC(CN1CCCC1=O)c1ccccc1)c1cc(S(=O)(=O)N2CCOCC2)c[nH]1. The van der Waals surface area contributed by atoms with Crippen LogP contribution in [0.4, 0.5) is 0 Å². The fraction of sp³-hybridized carbons (Fsp3) is 0.429. The molecule has 0 bridgehead atoms. The molecule has 2 N–H and O–H groups in total. The van der Waals surface area contributed by atoms with Crippen molar-refractivity contribution in [3.8, 4) is 0 Å². The summed E-state index contributed by atoms with van der Waals surface area (Å²) in [4.78, 5) is 29.6. The topological polar surface area (TPSA) is 112 Å². The number of carbonyl (C=O) groups excluding carboxylic acids is 2. The van der Waals surface area contributed by atoms with Crippen LogP contribution in [0.3, 0.4) is 0 Å². The highest BCUT2D eigenvalue weighted by atomic mass is 32.2. The van der Waals surface area contributed by atoms with Crippen LogP contribution in [0.25, 0.3) is 0 Å². The van der Waals surface area contributed by atoms with Crippen LogP contribution >= 0.6 is 0 Å². The predicted octanol–water partition coefficient (Wildman–Crippen LogP) is 1.13. The van der Waals surface area contributed by atoms with Gasteiger partial charge in [-0.25, -0.2) is 8.42 Å². The molecule has 3 heterocycles. The van der Waals surface area contributed by atoms with E-state index in [1.165, 1.54) is 16.6 Å². The molecular formula is C21H26N4O5S. The second-order valence-corrected chi connectivity index (χ2v) is 9.58. The van der Waals surface area contributed by atoms with E-state index in [0.717, 1.165) is 12.0 Å². The van der Waals surface area contributed by atoms with Gasteiger partial charge in [-0.2, -0.15) is 4.31 Å². The zero-order valence-corrected chi connectivity index (χ0v) is 17.9. The van der Waals surface area contributed by atoms with E-state index in [9.17, 15) is 18.0 Å². The second-order valence-electron chi connectivity index (χ2n) is 7.65. The smallest absolute Gasteiger partial charge is 0.268 e. The van der Waals surface area contributed by atoms with Crippen molar-refractivity contribution in [2.75, 3.05) is 39.4 Å². The number of ether oxygens (including phenoxy) is 1. The molecule has 4 rings (SSSR count). The zero-order valence-electron chi connectivity index (χ0n) is 17.1. The summed E-state index contributed by atoms with van der Waals surface area (Å²) < 4.78 is 32.2. The van der Waals surface area contributed by atoms with Gasteiger partial charge in [0, 0.05) is 38.8 Å². The van der Waals surface area contributed by atoms with E-state index in [2.05, 4.69) is 10.3 Å². The molecule has 1 aromatic carbocycles. The number of sulfonamides is 1. The Labute approximate surface area is 181 Å². The number of carbonyl (C=O) groups is 2. The standard InChI is InChI=1S/C21H26N4O5S/c26-20-7-4-8-24(20)15-19(16-5-2-1-3-6-16)23-21(27)18-13-17(14-22-18)31(28,29)25-9-11-30-12-10-25/h1-3,5-6,13-14,19,22H,4,7-12,15H2,(H,23,27). The molecule has 0 aliphatic carbocycles. The lowest BCUT2D eigenvalue weighted by Gasteiger charge is -2.25. The molecule has 2 fully saturated rings. The minimum atomic E-state index is -3.69. The first-order valence-electron chi connectivity index (χ1n) is 10.3. The molecule has 2 aliphatic rings.